The first-order valence-electron chi connectivity index (χ1n) is 6.24. The van der Waals surface area contributed by atoms with E-state index in [2.05, 4.69) is 9.88 Å². The fraction of sp³-hybridized carbons (Fsp3) is 0.385. The van der Waals surface area contributed by atoms with Gasteiger partial charge in [-0.25, -0.2) is 9.37 Å². The number of amides is 1. The summed E-state index contributed by atoms with van der Waals surface area (Å²) in [7, 11) is 0. The molecule has 3 rings (SSSR count). The summed E-state index contributed by atoms with van der Waals surface area (Å²) < 4.78 is 14.5. The van der Waals surface area contributed by atoms with Crippen molar-refractivity contribution in [1.82, 2.24) is 4.98 Å². The molecule has 6 heteroatoms. The maximum atomic E-state index is 13.6. The Labute approximate surface area is 114 Å². The number of aromatic nitrogens is 1. The van der Waals surface area contributed by atoms with Crippen LogP contribution in [0.3, 0.4) is 0 Å². The van der Waals surface area contributed by atoms with Crippen LogP contribution in [-0.4, -0.2) is 24.0 Å². The first kappa shape index (κ1) is 12.3. The van der Waals surface area contributed by atoms with Crippen molar-refractivity contribution >= 4 is 32.6 Å². The Morgan fingerprint density at radius 3 is 2.79 bits per heavy atom. The molecule has 0 bridgehead atoms. The lowest BCUT2D eigenvalue weighted by molar-refractivity contribution is -0.122. The zero-order valence-electron chi connectivity index (χ0n) is 10.3. The maximum Gasteiger partial charge on any atom is 0.220 e. The van der Waals surface area contributed by atoms with Gasteiger partial charge in [0.05, 0.1) is 4.70 Å². The molecule has 1 aromatic heterocycles. The van der Waals surface area contributed by atoms with Crippen LogP contribution in [0, 0.1) is 11.7 Å². The molecule has 0 atom stereocenters. The van der Waals surface area contributed by atoms with E-state index in [-0.39, 0.29) is 17.6 Å². The summed E-state index contributed by atoms with van der Waals surface area (Å²) in [5.41, 5.74) is 5.74. The van der Waals surface area contributed by atoms with Crippen LogP contribution in [0.25, 0.3) is 10.2 Å². The van der Waals surface area contributed by atoms with Crippen LogP contribution in [0.5, 0.6) is 0 Å². The van der Waals surface area contributed by atoms with Gasteiger partial charge in [-0.05, 0) is 25.0 Å². The Morgan fingerprint density at radius 1 is 1.42 bits per heavy atom. The number of thiazole rings is 1. The van der Waals surface area contributed by atoms with Gasteiger partial charge in [-0.1, -0.05) is 17.4 Å². The first-order valence-corrected chi connectivity index (χ1v) is 7.06. The Hall–Kier alpha value is -1.69. The van der Waals surface area contributed by atoms with Crippen LogP contribution in [0.4, 0.5) is 9.52 Å². The van der Waals surface area contributed by atoms with E-state index in [1.54, 1.807) is 6.07 Å². The number of carbonyl (C=O) groups is 1. The SMILES string of the molecule is NC(=O)C1CCN(c2nc3c(F)cccc3s2)CC1. The van der Waals surface area contributed by atoms with Crippen LogP contribution >= 0.6 is 11.3 Å². The number of fused-ring (bicyclic) bond motifs is 1. The highest BCUT2D eigenvalue weighted by atomic mass is 32.1. The van der Waals surface area contributed by atoms with Gasteiger partial charge in [-0.3, -0.25) is 4.79 Å². The number of halogens is 1. The summed E-state index contributed by atoms with van der Waals surface area (Å²) in [6.45, 7) is 1.49. The molecule has 100 valence electrons. The topological polar surface area (TPSA) is 59.2 Å². The fourth-order valence-corrected chi connectivity index (χ4v) is 3.43. The molecule has 0 spiro atoms. The normalized spacial score (nSPS) is 17.0. The molecule has 2 heterocycles. The lowest BCUT2D eigenvalue weighted by Gasteiger charge is -2.30. The first-order chi connectivity index (χ1) is 9.15. The third kappa shape index (κ3) is 2.28. The van der Waals surface area contributed by atoms with Crippen molar-refractivity contribution in [3.8, 4) is 0 Å². The molecule has 1 fully saturated rings. The lowest BCUT2D eigenvalue weighted by Crippen LogP contribution is -2.38. The third-order valence-corrected chi connectivity index (χ3v) is 4.61. The Balaban J connectivity index is 1.82. The largest absolute Gasteiger partial charge is 0.369 e. The molecule has 1 aromatic carbocycles. The van der Waals surface area contributed by atoms with Crippen LogP contribution in [0.2, 0.25) is 0 Å². The van der Waals surface area contributed by atoms with Crippen molar-refractivity contribution in [1.29, 1.82) is 0 Å². The minimum atomic E-state index is -0.285. The van der Waals surface area contributed by atoms with E-state index in [0.29, 0.717) is 5.52 Å². The van der Waals surface area contributed by atoms with Crippen LogP contribution in [0.15, 0.2) is 18.2 Å². The number of piperidine rings is 1. The van der Waals surface area contributed by atoms with Gasteiger partial charge in [0.1, 0.15) is 11.3 Å². The number of hydrogen-bond acceptors (Lipinski definition) is 4. The van der Waals surface area contributed by atoms with E-state index in [0.717, 1.165) is 35.8 Å². The molecule has 2 aromatic rings. The van der Waals surface area contributed by atoms with Gasteiger partial charge in [0.25, 0.3) is 0 Å². The minimum absolute atomic E-state index is 0.0395. The Kier molecular flexibility index (Phi) is 3.10. The quantitative estimate of drug-likeness (QED) is 0.916. The number of anilines is 1. The summed E-state index contributed by atoms with van der Waals surface area (Å²) in [6.07, 6.45) is 1.49. The number of nitrogens with zero attached hydrogens (tertiary/aromatic N) is 2. The highest BCUT2D eigenvalue weighted by Crippen LogP contribution is 2.32. The molecule has 0 saturated carbocycles. The van der Waals surface area contributed by atoms with Gasteiger partial charge in [-0.2, -0.15) is 0 Å². The third-order valence-electron chi connectivity index (χ3n) is 3.53. The molecule has 0 aliphatic carbocycles. The molecule has 2 N–H and O–H groups in total. The molecule has 1 aliphatic heterocycles. The van der Waals surface area contributed by atoms with Crippen molar-refractivity contribution < 1.29 is 9.18 Å². The summed E-state index contributed by atoms with van der Waals surface area (Å²) in [5.74, 6) is -0.551. The number of para-hydroxylation sites is 1. The van der Waals surface area contributed by atoms with Crippen molar-refractivity contribution in [2.45, 2.75) is 12.8 Å². The van der Waals surface area contributed by atoms with Gasteiger partial charge < -0.3 is 10.6 Å². The number of carbonyl (C=O) groups excluding carboxylic acids is 1. The summed E-state index contributed by atoms with van der Waals surface area (Å²) >= 11 is 1.49. The summed E-state index contributed by atoms with van der Waals surface area (Å²) in [5, 5.41) is 0.822. The van der Waals surface area contributed by atoms with Gasteiger partial charge in [-0.15, -0.1) is 0 Å². The van der Waals surface area contributed by atoms with E-state index in [9.17, 15) is 9.18 Å². The monoisotopic (exact) mass is 279 g/mol. The number of rotatable bonds is 2. The highest BCUT2D eigenvalue weighted by Gasteiger charge is 2.25. The molecule has 0 unspecified atom stereocenters. The van der Waals surface area contributed by atoms with Crippen molar-refractivity contribution in [3.05, 3.63) is 24.0 Å². The smallest absolute Gasteiger partial charge is 0.220 e. The lowest BCUT2D eigenvalue weighted by atomic mass is 9.97. The molecule has 19 heavy (non-hydrogen) atoms. The number of nitrogens with two attached hydrogens (primary N) is 1. The molecular weight excluding hydrogens is 265 g/mol. The van der Waals surface area contributed by atoms with Gasteiger partial charge in [0, 0.05) is 19.0 Å². The maximum absolute atomic E-state index is 13.6. The zero-order chi connectivity index (χ0) is 13.4. The van der Waals surface area contributed by atoms with E-state index in [1.807, 2.05) is 6.07 Å². The second-order valence-corrected chi connectivity index (χ2v) is 5.76. The van der Waals surface area contributed by atoms with Crippen molar-refractivity contribution in [3.63, 3.8) is 0 Å². The van der Waals surface area contributed by atoms with E-state index in [4.69, 9.17) is 5.73 Å². The molecule has 0 radical (unpaired) electrons. The number of hydrogen-bond donors (Lipinski definition) is 1. The van der Waals surface area contributed by atoms with E-state index >= 15 is 0 Å². The average Bonchev–Trinajstić information content (AvgIpc) is 2.84. The molecule has 4 nitrogen and oxygen atoms in total. The van der Waals surface area contributed by atoms with Crippen LogP contribution in [-0.2, 0) is 4.79 Å². The second kappa shape index (κ2) is 4.77. The minimum Gasteiger partial charge on any atom is -0.369 e. The predicted molar refractivity (Wildman–Crippen MR) is 73.7 cm³/mol. The zero-order valence-corrected chi connectivity index (χ0v) is 11.1. The Morgan fingerprint density at radius 2 is 2.16 bits per heavy atom. The fourth-order valence-electron chi connectivity index (χ4n) is 2.39. The molecule has 1 saturated heterocycles. The van der Waals surface area contributed by atoms with Gasteiger partial charge >= 0.3 is 0 Å². The van der Waals surface area contributed by atoms with Gasteiger partial charge in [0.15, 0.2) is 5.13 Å². The summed E-state index contributed by atoms with van der Waals surface area (Å²) in [4.78, 5) is 17.6. The number of primary amides is 1. The van der Waals surface area contributed by atoms with Crippen LogP contribution in [0.1, 0.15) is 12.8 Å². The average molecular weight is 279 g/mol. The van der Waals surface area contributed by atoms with Gasteiger partial charge in [0.2, 0.25) is 5.91 Å². The van der Waals surface area contributed by atoms with Crippen molar-refractivity contribution in [2.24, 2.45) is 11.7 Å². The van der Waals surface area contributed by atoms with E-state index in [1.165, 1.54) is 17.4 Å². The van der Waals surface area contributed by atoms with Crippen molar-refractivity contribution in [2.75, 3.05) is 18.0 Å². The highest BCUT2D eigenvalue weighted by molar-refractivity contribution is 7.22. The molecule has 1 aliphatic rings. The van der Waals surface area contributed by atoms with E-state index < -0.39 is 0 Å². The molecule has 1 amide bonds. The second-order valence-electron chi connectivity index (χ2n) is 4.75. The molecular formula is C13H14FN3OS. The Bertz CT molecular complexity index is 619. The summed E-state index contributed by atoms with van der Waals surface area (Å²) in [6, 6.07) is 4.99. The van der Waals surface area contributed by atoms with Crippen LogP contribution < -0.4 is 10.6 Å². The standard InChI is InChI=1S/C13H14FN3OS/c14-9-2-1-3-10-11(9)16-13(19-10)17-6-4-8(5-7-17)12(15)18/h1-3,8H,4-7H2,(H2,15,18). The number of benzene rings is 1. The predicted octanol–water partition coefficient (Wildman–Crippen LogP) is 2.14.